The zero-order valence-electron chi connectivity index (χ0n) is 12.4. The van der Waals surface area contributed by atoms with Gasteiger partial charge in [0, 0.05) is 19.9 Å². The average Bonchev–Trinajstić information content (AvgIpc) is 2.43. The van der Waals surface area contributed by atoms with Gasteiger partial charge in [0.2, 0.25) is 5.91 Å². The average molecular weight is 337 g/mol. The van der Waals surface area contributed by atoms with Crippen LogP contribution in [0.2, 0.25) is 5.02 Å². The lowest BCUT2D eigenvalue weighted by Gasteiger charge is -2.30. The summed E-state index contributed by atoms with van der Waals surface area (Å²) in [6.45, 7) is 7.63. The summed E-state index contributed by atoms with van der Waals surface area (Å²) in [6, 6.07) is 5.55. The molecule has 0 spiro atoms. The summed E-state index contributed by atoms with van der Waals surface area (Å²) >= 11 is 11.6. The van der Waals surface area contributed by atoms with Crippen molar-refractivity contribution in [3.8, 4) is 0 Å². The highest BCUT2D eigenvalue weighted by molar-refractivity contribution is 7.81. The molecule has 0 aromatic heterocycles. The van der Waals surface area contributed by atoms with Gasteiger partial charge in [0.25, 0.3) is 0 Å². The predicted octanol–water partition coefficient (Wildman–Crippen LogP) is 3.97. The molecule has 0 aliphatic carbocycles. The van der Waals surface area contributed by atoms with Crippen molar-refractivity contribution in [1.82, 2.24) is 4.90 Å². The standard InChI is InChI=1S/C16H17ClN2O2S/c1-9-5-4-6-12(15(9)17)18-16(22)14-10(2)19(11(3)20)8-7-13(14)21/h4-6,21H,2,7-8H2,1,3H3,(H,18,22). The first-order chi connectivity index (χ1) is 10.3. The van der Waals surface area contributed by atoms with Crippen LogP contribution in [0, 0.1) is 6.92 Å². The second-order valence-electron chi connectivity index (χ2n) is 5.08. The number of thiocarbonyl (C=S) groups is 1. The summed E-state index contributed by atoms with van der Waals surface area (Å²) in [7, 11) is 0. The maximum atomic E-state index is 11.6. The van der Waals surface area contributed by atoms with E-state index in [0.717, 1.165) is 5.56 Å². The Morgan fingerprint density at radius 3 is 2.82 bits per heavy atom. The first-order valence-electron chi connectivity index (χ1n) is 6.79. The number of nitrogens with zero attached hydrogens (tertiary/aromatic N) is 1. The van der Waals surface area contributed by atoms with Gasteiger partial charge in [0.05, 0.1) is 22.0 Å². The number of halogens is 1. The Bertz CT molecular complexity index is 697. The fourth-order valence-corrected chi connectivity index (χ4v) is 2.84. The molecule has 0 saturated carbocycles. The van der Waals surface area contributed by atoms with Crippen molar-refractivity contribution in [3.63, 3.8) is 0 Å². The number of carbonyl (C=O) groups excluding carboxylic acids is 1. The molecule has 1 aliphatic rings. The summed E-state index contributed by atoms with van der Waals surface area (Å²) < 4.78 is 0. The lowest BCUT2D eigenvalue weighted by atomic mass is 10.0. The van der Waals surface area contributed by atoms with Crippen LogP contribution in [0.5, 0.6) is 0 Å². The zero-order chi connectivity index (χ0) is 16.4. The monoisotopic (exact) mass is 336 g/mol. The first kappa shape index (κ1) is 16.5. The molecule has 0 saturated heterocycles. The zero-order valence-corrected chi connectivity index (χ0v) is 14.0. The van der Waals surface area contributed by atoms with Crippen molar-refractivity contribution in [1.29, 1.82) is 0 Å². The molecule has 4 nitrogen and oxygen atoms in total. The number of amides is 1. The summed E-state index contributed by atoms with van der Waals surface area (Å²) in [5.74, 6) is -0.00448. The molecule has 1 aromatic rings. The predicted molar refractivity (Wildman–Crippen MR) is 93.2 cm³/mol. The molecule has 0 bridgehead atoms. The van der Waals surface area contributed by atoms with Gasteiger partial charge in [0.1, 0.15) is 10.7 Å². The van der Waals surface area contributed by atoms with Crippen LogP contribution in [0.3, 0.4) is 0 Å². The number of carbonyl (C=O) groups is 1. The molecule has 1 aliphatic heterocycles. The van der Waals surface area contributed by atoms with E-state index in [2.05, 4.69) is 11.9 Å². The summed E-state index contributed by atoms with van der Waals surface area (Å²) in [5, 5.41) is 13.7. The van der Waals surface area contributed by atoms with E-state index in [9.17, 15) is 9.90 Å². The largest absolute Gasteiger partial charge is 0.511 e. The molecule has 116 valence electrons. The molecule has 0 atom stereocenters. The molecule has 6 heteroatoms. The van der Waals surface area contributed by atoms with Crippen molar-refractivity contribution in [2.75, 3.05) is 11.9 Å². The Labute approximate surface area is 140 Å². The van der Waals surface area contributed by atoms with Gasteiger partial charge >= 0.3 is 0 Å². The van der Waals surface area contributed by atoms with E-state index in [4.69, 9.17) is 23.8 Å². The number of hydrogen-bond donors (Lipinski definition) is 2. The number of benzene rings is 1. The van der Waals surface area contributed by atoms with Gasteiger partial charge < -0.3 is 15.3 Å². The highest BCUT2D eigenvalue weighted by Crippen LogP contribution is 2.30. The first-order valence-corrected chi connectivity index (χ1v) is 7.57. The Morgan fingerprint density at radius 1 is 1.50 bits per heavy atom. The second-order valence-corrected chi connectivity index (χ2v) is 5.87. The number of anilines is 1. The summed E-state index contributed by atoms with van der Waals surface area (Å²) in [5.41, 5.74) is 2.35. The van der Waals surface area contributed by atoms with Crippen LogP contribution < -0.4 is 5.32 Å². The number of nitrogens with one attached hydrogen (secondary N) is 1. The molecule has 1 amide bonds. The number of rotatable bonds is 2. The van der Waals surface area contributed by atoms with E-state index in [-0.39, 0.29) is 11.7 Å². The van der Waals surface area contributed by atoms with Crippen LogP contribution in [0.4, 0.5) is 5.69 Å². The second kappa shape index (κ2) is 6.50. The van der Waals surface area contributed by atoms with E-state index in [1.807, 2.05) is 19.1 Å². The maximum Gasteiger partial charge on any atom is 0.223 e. The highest BCUT2D eigenvalue weighted by Gasteiger charge is 2.27. The van der Waals surface area contributed by atoms with E-state index < -0.39 is 0 Å². The lowest BCUT2D eigenvalue weighted by molar-refractivity contribution is -0.127. The van der Waals surface area contributed by atoms with Gasteiger partial charge in [-0.2, -0.15) is 0 Å². The lowest BCUT2D eigenvalue weighted by Crippen LogP contribution is -2.36. The van der Waals surface area contributed by atoms with E-state index in [1.54, 1.807) is 6.07 Å². The number of hydrogen-bond acceptors (Lipinski definition) is 3. The molecule has 2 rings (SSSR count). The topological polar surface area (TPSA) is 52.6 Å². The Kier molecular flexibility index (Phi) is 4.88. The molecular weight excluding hydrogens is 320 g/mol. The minimum atomic E-state index is -0.133. The number of aryl methyl sites for hydroxylation is 1. The van der Waals surface area contributed by atoms with E-state index in [1.165, 1.54) is 11.8 Å². The third-order valence-electron chi connectivity index (χ3n) is 3.52. The van der Waals surface area contributed by atoms with Crippen LogP contribution in [-0.4, -0.2) is 27.4 Å². The van der Waals surface area contributed by atoms with Crippen LogP contribution in [0.1, 0.15) is 18.9 Å². The fraction of sp³-hybridized carbons (Fsp3) is 0.250. The van der Waals surface area contributed by atoms with Gasteiger partial charge in [-0.25, -0.2) is 0 Å². The SMILES string of the molecule is C=C1C(C(=S)Nc2cccc(C)c2Cl)=C(O)CCN1C(C)=O. The highest BCUT2D eigenvalue weighted by atomic mass is 35.5. The molecule has 0 fully saturated rings. The summed E-state index contributed by atoms with van der Waals surface area (Å²) in [6.07, 6.45) is 0.345. The molecule has 1 aromatic carbocycles. The van der Waals surface area contributed by atoms with Gasteiger partial charge in [-0.05, 0) is 18.6 Å². The molecule has 0 unspecified atom stereocenters. The number of aliphatic hydroxyl groups excluding tert-OH is 1. The molecule has 22 heavy (non-hydrogen) atoms. The van der Waals surface area contributed by atoms with Gasteiger partial charge in [-0.1, -0.05) is 42.5 Å². The molecule has 0 radical (unpaired) electrons. The maximum absolute atomic E-state index is 11.6. The van der Waals surface area contributed by atoms with Crippen LogP contribution in [0.25, 0.3) is 0 Å². The van der Waals surface area contributed by atoms with E-state index in [0.29, 0.717) is 39.9 Å². The van der Waals surface area contributed by atoms with Crippen LogP contribution in [0.15, 0.2) is 41.8 Å². The van der Waals surface area contributed by atoms with E-state index >= 15 is 0 Å². The van der Waals surface area contributed by atoms with Crippen LogP contribution >= 0.6 is 23.8 Å². The van der Waals surface area contributed by atoms with Gasteiger partial charge in [-0.3, -0.25) is 4.79 Å². The van der Waals surface area contributed by atoms with Crippen molar-refractivity contribution in [3.05, 3.63) is 52.4 Å². The molecule has 1 heterocycles. The Balaban J connectivity index is 2.30. The third-order valence-corrected chi connectivity index (χ3v) is 4.33. The quantitative estimate of drug-likeness (QED) is 0.802. The third kappa shape index (κ3) is 3.15. The molecule has 2 N–H and O–H groups in total. The van der Waals surface area contributed by atoms with Crippen molar-refractivity contribution >= 4 is 40.4 Å². The smallest absolute Gasteiger partial charge is 0.223 e. The van der Waals surface area contributed by atoms with Crippen molar-refractivity contribution in [2.45, 2.75) is 20.3 Å². The minimum Gasteiger partial charge on any atom is -0.511 e. The number of aliphatic hydroxyl groups is 1. The normalized spacial score (nSPS) is 15.0. The fourth-order valence-electron chi connectivity index (χ4n) is 2.32. The minimum absolute atomic E-state index is 0.128. The van der Waals surface area contributed by atoms with Gasteiger partial charge in [-0.15, -0.1) is 0 Å². The summed E-state index contributed by atoms with van der Waals surface area (Å²) in [4.78, 5) is 13.4. The Hall–Kier alpha value is -1.85. The van der Waals surface area contributed by atoms with Gasteiger partial charge in [0.15, 0.2) is 0 Å². The van der Waals surface area contributed by atoms with Crippen molar-refractivity contribution in [2.24, 2.45) is 0 Å². The Morgan fingerprint density at radius 2 is 2.18 bits per heavy atom. The van der Waals surface area contributed by atoms with Crippen LogP contribution in [-0.2, 0) is 4.79 Å². The molecular formula is C16H17ClN2O2S. The van der Waals surface area contributed by atoms with Crippen molar-refractivity contribution < 1.29 is 9.90 Å².